The molecule has 0 atom stereocenters. The molecule has 24 heavy (non-hydrogen) atoms. The van der Waals surface area contributed by atoms with Crippen LogP contribution in [0.1, 0.15) is 11.7 Å². The van der Waals surface area contributed by atoms with Gasteiger partial charge in [-0.05, 0) is 49.4 Å². The SMILES string of the molecule is C/C=C/C(=O)n1c(-c2ccc(S(=O)(=O)O)cc2)nc2ccccc21. The summed E-state index contributed by atoms with van der Waals surface area (Å²) < 4.78 is 32.8. The van der Waals surface area contributed by atoms with Crippen LogP contribution < -0.4 is 0 Å². The highest BCUT2D eigenvalue weighted by Crippen LogP contribution is 2.26. The molecule has 1 aromatic heterocycles. The van der Waals surface area contributed by atoms with Gasteiger partial charge >= 0.3 is 0 Å². The number of hydrogen-bond acceptors (Lipinski definition) is 4. The molecule has 0 radical (unpaired) electrons. The van der Waals surface area contributed by atoms with Crippen molar-refractivity contribution in [1.29, 1.82) is 0 Å². The Kier molecular flexibility index (Phi) is 4.04. The van der Waals surface area contributed by atoms with Gasteiger partial charge in [0.15, 0.2) is 0 Å². The smallest absolute Gasteiger partial charge is 0.282 e. The van der Waals surface area contributed by atoms with Gasteiger partial charge in [0.2, 0.25) is 0 Å². The molecular formula is C17H14N2O4S. The molecule has 1 N–H and O–H groups in total. The van der Waals surface area contributed by atoms with Crippen LogP contribution in [-0.4, -0.2) is 28.4 Å². The molecule has 0 bridgehead atoms. The summed E-state index contributed by atoms with van der Waals surface area (Å²) in [6.45, 7) is 1.75. The Morgan fingerprint density at radius 1 is 1.12 bits per heavy atom. The molecule has 0 unspecified atom stereocenters. The second kappa shape index (κ2) is 6.03. The first-order chi connectivity index (χ1) is 11.4. The van der Waals surface area contributed by atoms with Crippen molar-refractivity contribution in [1.82, 2.24) is 9.55 Å². The quantitative estimate of drug-likeness (QED) is 0.583. The van der Waals surface area contributed by atoms with Gasteiger partial charge in [-0.25, -0.2) is 4.98 Å². The van der Waals surface area contributed by atoms with E-state index in [4.69, 9.17) is 4.55 Å². The van der Waals surface area contributed by atoms with Gasteiger partial charge in [-0.3, -0.25) is 13.9 Å². The highest BCUT2D eigenvalue weighted by atomic mass is 32.2. The van der Waals surface area contributed by atoms with E-state index < -0.39 is 10.1 Å². The topological polar surface area (TPSA) is 89.3 Å². The van der Waals surface area contributed by atoms with Crippen LogP contribution in [-0.2, 0) is 10.1 Å². The average molecular weight is 342 g/mol. The highest BCUT2D eigenvalue weighted by Gasteiger charge is 2.17. The molecule has 0 amide bonds. The first-order valence-corrected chi connectivity index (χ1v) is 8.58. The second-order valence-corrected chi connectivity index (χ2v) is 6.52. The third-order valence-corrected chi connectivity index (χ3v) is 4.37. The Morgan fingerprint density at radius 3 is 2.42 bits per heavy atom. The van der Waals surface area contributed by atoms with Gasteiger partial charge in [0.05, 0.1) is 15.9 Å². The van der Waals surface area contributed by atoms with E-state index in [9.17, 15) is 13.2 Å². The van der Waals surface area contributed by atoms with Gasteiger partial charge < -0.3 is 0 Å². The molecule has 3 rings (SSSR count). The first-order valence-electron chi connectivity index (χ1n) is 7.14. The van der Waals surface area contributed by atoms with E-state index in [0.29, 0.717) is 22.4 Å². The summed E-state index contributed by atoms with van der Waals surface area (Å²) in [6, 6.07) is 12.8. The molecule has 122 valence electrons. The largest absolute Gasteiger partial charge is 0.294 e. The molecule has 0 fully saturated rings. The highest BCUT2D eigenvalue weighted by molar-refractivity contribution is 7.85. The van der Waals surface area contributed by atoms with Crippen LogP contribution in [0.2, 0.25) is 0 Å². The lowest BCUT2D eigenvalue weighted by atomic mass is 10.2. The fourth-order valence-electron chi connectivity index (χ4n) is 2.44. The summed E-state index contributed by atoms with van der Waals surface area (Å²) in [5, 5.41) is 0. The van der Waals surface area contributed by atoms with Crippen molar-refractivity contribution in [2.75, 3.05) is 0 Å². The maximum atomic E-state index is 12.4. The molecule has 0 aliphatic rings. The summed E-state index contributed by atoms with van der Waals surface area (Å²) in [5.74, 6) is 0.154. The summed E-state index contributed by atoms with van der Waals surface area (Å²) in [4.78, 5) is 16.7. The van der Waals surface area contributed by atoms with Gasteiger partial charge in [0, 0.05) is 5.56 Å². The molecule has 7 heteroatoms. The third-order valence-electron chi connectivity index (χ3n) is 3.50. The maximum Gasteiger partial charge on any atom is 0.294 e. The lowest BCUT2D eigenvalue weighted by Gasteiger charge is -2.06. The van der Waals surface area contributed by atoms with Gasteiger partial charge in [0.25, 0.3) is 16.0 Å². The minimum atomic E-state index is -4.27. The number of imidazole rings is 1. The Labute approximate surface area is 138 Å². The van der Waals surface area contributed by atoms with E-state index in [-0.39, 0.29) is 10.8 Å². The number of carbonyl (C=O) groups is 1. The molecule has 1 heterocycles. The Hall–Kier alpha value is -2.77. The van der Waals surface area contributed by atoms with E-state index >= 15 is 0 Å². The van der Waals surface area contributed by atoms with Crippen LogP contribution >= 0.6 is 0 Å². The molecule has 0 spiro atoms. The van der Waals surface area contributed by atoms with Crippen molar-refractivity contribution in [3.63, 3.8) is 0 Å². The third kappa shape index (κ3) is 2.86. The summed E-state index contributed by atoms with van der Waals surface area (Å²) in [6.07, 6.45) is 3.08. The summed E-state index contributed by atoms with van der Waals surface area (Å²) >= 11 is 0. The van der Waals surface area contributed by atoms with Crippen LogP contribution in [0.25, 0.3) is 22.4 Å². The van der Waals surface area contributed by atoms with Crippen LogP contribution in [0.3, 0.4) is 0 Å². The van der Waals surface area contributed by atoms with Crippen molar-refractivity contribution in [2.24, 2.45) is 0 Å². The minimum absolute atomic E-state index is 0.214. The first kappa shape index (κ1) is 16.1. The molecule has 6 nitrogen and oxygen atoms in total. The maximum absolute atomic E-state index is 12.4. The number of rotatable bonds is 3. The molecular weight excluding hydrogens is 328 g/mol. The molecule has 0 aliphatic heterocycles. The average Bonchev–Trinajstić information content (AvgIpc) is 2.94. The predicted octanol–water partition coefficient (Wildman–Crippen LogP) is 3.17. The Morgan fingerprint density at radius 2 is 1.79 bits per heavy atom. The van der Waals surface area contributed by atoms with Crippen molar-refractivity contribution >= 4 is 27.1 Å². The number of carbonyl (C=O) groups excluding carboxylic acids is 1. The van der Waals surface area contributed by atoms with Crippen molar-refractivity contribution in [3.05, 3.63) is 60.7 Å². The van der Waals surface area contributed by atoms with E-state index in [1.165, 1.54) is 34.9 Å². The van der Waals surface area contributed by atoms with Crippen molar-refractivity contribution in [3.8, 4) is 11.4 Å². The van der Waals surface area contributed by atoms with Crippen LogP contribution in [0, 0.1) is 0 Å². The van der Waals surface area contributed by atoms with Crippen LogP contribution in [0.15, 0.2) is 65.6 Å². The number of hydrogen-bond donors (Lipinski definition) is 1. The zero-order valence-corrected chi connectivity index (χ0v) is 13.6. The Balaban J connectivity index is 2.22. The lowest BCUT2D eigenvalue weighted by Crippen LogP contribution is -2.09. The number of allylic oxidation sites excluding steroid dienone is 2. The van der Waals surface area contributed by atoms with Gasteiger partial charge in [-0.1, -0.05) is 18.2 Å². The van der Waals surface area contributed by atoms with E-state index in [0.717, 1.165) is 0 Å². The second-order valence-electron chi connectivity index (χ2n) is 5.10. The standard InChI is InChI=1S/C17H14N2O4S/c1-2-5-16(20)19-15-7-4-3-6-14(15)18-17(19)12-8-10-13(11-9-12)24(21,22)23/h2-11H,1H3,(H,21,22,23)/b5-2+. The van der Waals surface area contributed by atoms with Crippen LogP contribution in [0.4, 0.5) is 0 Å². The summed E-state index contributed by atoms with van der Waals surface area (Å²) in [7, 11) is -4.27. The molecule has 0 aliphatic carbocycles. The molecule has 3 aromatic rings. The number of para-hydroxylation sites is 2. The number of nitrogens with zero attached hydrogens (tertiary/aromatic N) is 2. The summed E-state index contributed by atoms with van der Waals surface area (Å²) in [5.41, 5.74) is 1.88. The number of benzene rings is 2. The molecule has 2 aromatic carbocycles. The fourth-order valence-corrected chi connectivity index (χ4v) is 2.92. The van der Waals surface area contributed by atoms with Gasteiger partial charge in [-0.2, -0.15) is 8.42 Å². The van der Waals surface area contributed by atoms with E-state index in [2.05, 4.69) is 4.98 Å². The van der Waals surface area contributed by atoms with E-state index in [1.807, 2.05) is 12.1 Å². The molecule has 0 saturated carbocycles. The zero-order valence-electron chi connectivity index (χ0n) is 12.7. The Bertz CT molecular complexity index is 1050. The number of fused-ring (bicyclic) bond motifs is 1. The van der Waals surface area contributed by atoms with Crippen LogP contribution in [0.5, 0.6) is 0 Å². The fraction of sp³-hybridized carbons (Fsp3) is 0.0588. The monoisotopic (exact) mass is 342 g/mol. The number of aromatic nitrogens is 2. The molecule has 0 saturated heterocycles. The van der Waals surface area contributed by atoms with Crippen molar-refractivity contribution in [2.45, 2.75) is 11.8 Å². The van der Waals surface area contributed by atoms with E-state index in [1.54, 1.807) is 25.1 Å². The van der Waals surface area contributed by atoms with Crippen molar-refractivity contribution < 1.29 is 17.8 Å². The lowest BCUT2D eigenvalue weighted by molar-refractivity contribution is 0.0975. The van der Waals surface area contributed by atoms with Gasteiger partial charge in [0.1, 0.15) is 5.82 Å². The normalized spacial score (nSPS) is 12.1. The van der Waals surface area contributed by atoms with Gasteiger partial charge in [-0.15, -0.1) is 0 Å². The minimum Gasteiger partial charge on any atom is -0.282 e. The zero-order chi connectivity index (χ0) is 17.3. The predicted molar refractivity (Wildman–Crippen MR) is 90.4 cm³/mol.